The lowest BCUT2D eigenvalue weighted by molar-refractivity contribution is 0.102. The van der Waals surface area contributed by atoms with Crippen LogP contribution >= 0.6 is 0 Å². The second-order valence-electron chi connectivity index (χ2n) is 4.22. The van der Waals surface area contributed by atoms with E-state index in [1.165, 1.54) is 19.6 Å². The minimum atomic E-state index is -0.203. The number of hydrogen-bond donors (Lipinski definition) is 1. The summed E-state index contributed by atoms with van der Waals surface area (Å²) in [4.78, 5) is 20.0. The van der Waals surface area contributed by atoms with Crippen LogP contribution in [0.25, 0.3) is 0 Å². The molecule has 1 aromatic carbocycles. The summed E-state index contributed by atoms with van der Waals surface area (Å²) in [5.74, 6) is 0.138. The molecule has 0 aliphatic carbocycles. The molecule has 0 atom stereocenters. The Morgan fingerprint density at radius 2 is 2.11 bits per heavy atom. The zero-order chi connectivity index (χ0) is 13.8. The first-order valence-corrected chi connectivity index (χ1v) is 5.84. The van der Waals surface area contributed by atoms with Gasteiger partial charge in [-0.15, -0.1) is 0 Å². The Balaban J connectivity index is 2.26. The predicted octanol–water partition coefficient (Wildman–Crippen LogP) is 2.35. The van der Waals surface area contributed by atoms with Gasteiger partial charge in [0.1, 0.15) is 12.0 Å². The zero-order valence-corrected chi connectivity index (χ0v) is 11.1. The maximum absolute atomic E-state index is 12.2. The van der Waals surface area contributed by atoms with Gasteiger partial charge in [0.05, 0.1) is 13.3 Å². The molecule has 1 aromatic heterocycles. The first-order chi connectivity index (χ1) is 9.11. The van der Waals surface area contributed by atoms with Crippen LogP contribution in [0.5, 0.6) is 5.88 Å². The molecule has 0 saturated heterocycles. The third kappa shape index (κ3) is 2.88. The fourth-order valence-corrected chi connectivity index (χ4v) is 1.82. The van der Waals surface area contributed by atoms with E-state index in [9.17, 15) is 4.79 Å². The third-order valence-electron chi connectivity index (χ3n) is 2.74. The van der Waals surface area contributed by atoms with Gasteiger partial charge in [-0.25, -0.2) is 4.98 Å². The molecule has 1 N–H and O–H groups in total. The highest BCUT2D eigenvalue weighted by Gasteiger charge is 2.12. The van der Waals surface area contributed by atoms with Gasteiger partial charge in [-0.05, 0) is 25.5 Å². The Morgan fingerprint density at radius 1 is 1.32 bits per heavy atom. The average Bonchev–Trinajstić information content (AvgIpc) is 2.39. The Kier molecular flexibility index (Phi) is 3.75. The lowest BCUT2D eigenvalue weighted by atomic mass is 10.1. The van der Waals surface area contributed by atoms with Crippen molar-refractivity contribution in [2.24, 2.45) is 0 Å². The molecule has 0 spiro atoms. The summed E-state index contributed by atoms with van der Waals surface area (Å²) in [6.07, 6.45) is 2.87. The molecule has 2 rings (SSSR count). The van der Waals surface area contributed by atoms with Crippen LogP contribution in [0, 0.1) is 13.8 Å². The van der Waals surface area contributed by atoms with Crippen molar-refractivity contribution < 1.29 is 9.53 Å². The SMILES string of the molecule is COc1ncncc1NC(=O)c1ccc(C)cc1C. The topological polar surface area (TPSA) is 64.1 Å². The van der Waals surface area contributed by atoms with Crippen LogP contribution in [-0.4, -0.2) is 23.0 Å². The van der Waals surface area contributed by atoms with Crippen molar-refractivity contribution in [1.82, 2.24) is 9.97 Å². The number of carbonyl (C=O) groups is 1. The molecule has 19 heavy (non-hydrogen) atoms. The molecule has 5 heteroatoms. The van der Waals surface area contributed by atoms with Crippen LogP contribution < -0.4 is 10.1 Å². The van der Waals surface area contributed by atoms with Crippen molar-refractivity contribution in [2.75, 3.05) is 12.4 Å². The van der Waals surface area contributed by atoms with Gasteiger partial charge in [-0.2, -0.15) is 4.98 Å². The number of hydrogen-bond acceptors (Lipinski definition) is 4. The van der Waals surface area contributed by atoms with Gasteiger partial charge in [-0.3, -0.25) is 4.79 Å². The summed E-state index contributed by atoms with van der Waals surface area (Å²) in [7, 11) is 1.50. The van der Waals surface area contributed by atoms with Crippen LogP contribution in [-0.2, 0) is 0 Å². The molecule has 1 amide bonds. The fourth-order valence-electron chi connectivity index (χ4n) is 1.82. The van der Waals surface area contributed by atoms with E-state index in [1.807, 2.05) is 26.0 Å². The normalized spacial score (nSPS) is 10.1. The highest BCUT2D eigenvalue weighted by Crippen LogP contribution is 2.20. The van der Waals surface area contributed by atoms with Crippen LogP contribution in [0.2, 0.25) is 0 Å². The molecule has 2 aromatic rings. The Labute approximate surface area is 111 Å². The zero-order valence-electron chi connectivity index (χ0n) is 11.1. The third-order valence-corrected chi connectivity index (χ3v) is 2.74. The van der Waals surface area contributed by atoms with Crippen molar-refractivity contribution in [3.05, 3.63) is 47.4 Å². The Morgan fingerprint density at radius 3 is 2.79 bits per heavy atom. The number of anilines is 1. The van der Waals surface area contributed by atoms with E-state index in [1.54, 1.807) is 6.07 Å². The lowest BCUT2D eigenvalue weighted by Gasteiger charge is -2.10. The van der Waals surface area contributed by atoms with Crippen molar-refractivity contribution >= 4 is 11.6 Å². The predicted molar refractivity (Wildman–Crippen MR) is 72.5 cm³/mol. The molecular weight excluding hydrogens is 242 g/mol. The number of methoxy groups -OCH3 is 1. The number of aromatic nitrogens is 2. The van der Waals surface area contributed by atoms with E-state index in [0.717, 1.165) is 11.1 Å². The number of nitrogens with one attached hydrogen (secondary N) is 1. The van der Waals surface area contributed by atoms with E-state index >= 15 is 0 Å². The van der Waals surface area contributed by atoms with Crippen molar-refractivity contribution in [3.8, 4) is 5.88 Å². The Bertz CT molecular complexity index is 611. The van der Waals surface area contributed by atoms with E-state index in [2.05, 4.69) is 15.3 Å². The number of benzene rings is 1. The number of nitrogens with zero attached hydrogens (tertiary/aromatic N) is 2. The largest absolute Gasteiger partial charge is 0.479 e. The molecule has 0 aliphatic rings. The van der Waals surface area contributed by atoms with Gasteiger partial charge in [0.15, 0.2) is 0 Å². The first-order valence-electron chi connectivity index (χ1n) is 5.84. The minimum absolute atomic E-state index is 0.203. The number of aryl methyl sites for hydroxylation is 2. The molecule has 0 fully saturated rings. The molecule has 0 bridgehead atoms. The van der Waals surface area contributed by atoms with Crippen LogP contribution in [0.15, 0.2) is 30.7 Å². The molecule has 0 unspecified atom stereocenters. The maximum Gasteiger partial charge on any atom is 0.256 e. The number of carbonyl (C=O) groups excluding carboxylic acids is 1. The summed E-state index contributed by atoms with van der Waals surface area (Å²) in [5.41, 5.74) is 3.12. The molecular formula is C14H15N3O2. The van der Waals surface area contributed by atoms with Gasteiger partial charge in [0.25, 0.3) is 5.91 Å². The quantitative estimate of drug-likeness (QED) is 0.916. The summed E-state index contributed by atoms with van der Waals surface area (Å²) in [5, 5.41) is 2.75. The van der Waals surface area contributed by atoms with Crippen molar-refractivity contribution in [1.29, 1.82) is 0 Å². The van der Waals surface area contributed by atoms with Crippen LogP contribution in [0.3, 0.4) is 0 Å². The molecule has 0 saturated carbocycles. The number of ether oxygens (including phenoxy) is 1. The molecule has 98 valence electrons. The summed E-state index contributed by atoms with van der Waals surface area (Å²) >= 11 is 0. The second-order valence-corrected chi connectivity index (χ2v) is 4.22. The number of amides is 1. The van der Waals surface area contributed by atoms with E-state index < -0.39 is 0 Å². The standard InChI is InChI=1S/C14H15N3O2/c1-9-4-5-11(10(2)6-9)13(18)17-12-7-15-8-16-14(12)19-3/h4-8H,1-3H3,(H,17,18). The first kappa shape index (κ1) is 13.0. The van der Waals surface area contributed by atoms with Crippen LogP contribution in [0.4, 0.5) is 5.69 Å². The second kappa shape index (κ2) is 5.48. The highest BCUT2D eigenvalue weighted by molar-refractivity contribution is 6.05. The lowest BCUT2D eigenvalue weighted by Crippen LogP contribution is -2.14. The highest BCUT2D eigenvalue weighted by atomic mass is 16.5. The smallest absolute Gasteiger partial charge is 0.256 e. The van der Waals surface area contributed by atoms with Gasteiger partial charge in [0, 0.05) is 5.56 Å². The molecule has 5 nitrogen and oxygen atoms in total. The van der Waals surface area contributed by atoms with Gasteiger partial charge >= 0.3 is 0 Å². The summed E-state index contributed by atoms with van der Waals surface area (Å²) < 4.78 is 5.07. The van der Waals surface area contributed by atoms with Crippen LogP contribution in [0.1, 0.15) is 21.5 Å². The van der Waals surface area contributed by atoms with E-state index in [0.29, 0.717) is 17.1 Å². The molecule has 0 radical (unpaired) electrons. The van der Waals surface area contributed by atoms with Gasteiger partial charge in [-0.1, -0.05) is 17.7 Å². The average molecular weight is 257 g/mol. The summed E-state index contributed by atoms with van der Waals surface area (Å²) in [6, 6.07) is 5.67. The number of rotatable bonds is 3. The van der Waals surface area contributed by atoms with Gasteiger partial charge < -0.3 is 10.1 Å². The maximum atomic E-state index is 12.2. The minimum Gasteiger partial charge on any atom is -0.479 e. The van der Waals surface area contributed by atoms with E-state index in [-0.39, 0.29) is 5.91 Å². The van der Waals surface area contributed by atoms with E-state index in [4.69, 9.17) is 4.74 Å². The molecule has 1 heterocycles. The van der Waals surface area contributed by atoms with Gasteiger partial charge in [0.2, 0.25) is 5.88 Å². The van der Waals surface area contributed by atoms with Crippen molar-refractivity contribution in [2.45, 2.75) is 13.8 Å². The monoisotopic (exact) mass is 257 g/mol. The molecule has 0 aliphatic heterocycles. The summed E-state index contributed by atoms with van der Waals surface area (Å²) in [6.45, 7) is 3.89. The Hall–Kier alpha value is -2.43. The fraction of sp³-hybridized carbons (Fsp3) is 0.214. The van der Waals surface area contributed by atoms with Crippen molar-refractivity contribution in [3.63, 3.8) is 0 Å².